The molecule has 110 valence electrons. The van der Waals surface area contributed by atoms with Crippen LogP contribution >= 0.6 is 0 Å². The first-order valence-corrected chi connectivity index (χ1v) is 9.07. The van der Waals surface area contributed by atoms with Crippen LogP contribution in [0.2, 0.25) is 0 Å². The Morgan fingerprint density at radius 2 is 1.74 bits per heavy atom. The Kier molecular flexibility index (Phi) is 4.84. The van der Waals surface area contributed by atoms with Gasteiger partial charge >= 0.3 is 0 Å². The monoisotopic (exact) mass is 263 g/mol. The maximum atomic E-state index is 3.69. The van der Waals surface area contributed by atoms with Crippen LogP contribution in [-0.2, 0) is 0 Å². The van der Waals surface area contributed by atoms with E-state index in [1.807, 2.05) is 0 Å². The van der Waals surface area contributed by atoms with Gasteiger partial charge in [0.25, 0.3) is 0 Å². The summed E-state index contributed by atoms with van der Waals surface area (Å²) in [5.74, 6) is 5.45. The Labute approximate surface area is 119 Å². The molecule has 5 unspecified atom stereocenters. The van der Waals surface area contributed by atoms with Crippen LogP contribution in [0.5, 0.6) is 0 Å². The van der Waals surface area contributed by atoms with Crippen LogP contribution in [0.3, 0.4) is 0 Å². The second-order valence-corrected chi connectivity index (χ2v) is 7.68. The van der Waals surface area contributed by atoms with E-state index in [0.717, 1.165) is 29.6 Å². The van der Waals surface area contributed by atoms with Crippen LogP contribution in [-0.4, -0.2) is 13.1 Å². The van der Waals surface area contributed by atoms with E-state index in [9.17, 15) is 0 Å². The minimum Gasteiger partial charge on any atom is -0.316 e. The number of hydrogen-bond donors (Lipinski definition) is 1. The van der Waals surface area contributed by atoms with E-state index in [0.29, 0.717) is 0 Å². The fraction of sp³-hybridized carbons (Fsp3) is 1.00. The van der Waals surface area contributed by atoms with Crippen molar-refractivity contribution in [3.05, 3.63) is 0 Å². The molecule has 3 fully saturated rings. The summed E-state index contributed by atoms with van der Waals surface area (Å²) in [5, 5.41) is 3.69. The molecular formula is C18H33N. The number of rotatable bonds is 6. The zero-order valence-corrected chi connectivity index (χ0v) is 12.9. The van der Waals surface area contributed by atoms with E-state index in [-0.39, 0.29) is 0 Å². The number of hydrogen-bond acceptors (Lipinski definition) is 1. The van der Waals surface area contributed by atoms with E-state index < -0.39 is 0 Å². The van der Waals surface area contributed by atoms with Gasteiger partial charge in [0.1, 0.15) is 0 Å². The van der Waals surface area contributed by atoms with Crippen molar-refractivity contribution >= 4 is 0 Å². The third kappa shape index (κ3) is 3.35. The summed E-state index contributed by atoms with van der Waals surface area (Å²) in [6.45, 7) is 4.80. The summed E-state index contributed by atoms with van der Waals surface area (Å²) in [7, 11) is 0. The Balaban J connectivity index is 1.49. The van der Waals surface area contributed by atoms with Crippen molar-refractivity contribution < 1.29 is 0 Å². The molecule has 0 radical (unpaired) electrons. The van der Waals surface area contributed by atoms with Crippen LogP contribution in [0.25, 0.3) is 0 Å². The van der Waals surface area contributed by atoms with Crippen molar-refractivity contribution in [2.24, 2.45) is 29.6 Å². The van der Waals surface area contributed by atoms with Gasteiger partial charge in [-0.05, 0) is 81.2 Å². The fourth-order valence-electron chi connectivity index (χ4n) is 5.38. The normalized spacial score (nSPS) is 41.8. The smallest absolute Gasteiger partial charge is 0.00179 e. The lowest BCUT2D eigenvalue weighted by Gasteiger charge is -2.35. The van der Waals surface area contributed by atoms with E-state index in [2.05, 4.69) is 12.2 Å². The summed E-state index contributed by atoms with van der Waals surface area (Å²) in [4.78, 5) is 0. The maximum Gasteiger partial charge on any atom is -0.00179 e. The molecule has 0 amide bonds. The minimum absolute atomic E-state index is 0.999. The highest BCUT2D eigenvalue weighted by molar-refractivity contribution is 4.92. The highest BCUT2D eigenvalue weighted by Crippen LogP contribution is 2.51. The molecule has 2 bridgehead atoms. The lowest BCUT2D eigenvalue weighted by molar-refractivity contribution is 0.166. The van der Waals surface area contributed by atoms with Crippen molar-refractivity contribution in [3.8, 4) is 0 Å². The van der Waals surface area contributed by atoms with Gasteiger partial charge in [0.15, 0.2) is 0 Å². The van der Waals surface area contributed by atoms with Gasteiger partial charge < -0.3 is 5.32 Å². The van der Waals surface area contributed by atoms with E-state index in [4.69, 9.17) is 0 Å². The molecule has 3 aliphatic rings. The van der Waals surface area contributed by atoms with Gasteiger partial charge in [-0.25, -0.2) is 0 Å². The summed E-state index contributed by atoms with van der Waals surface area (Å²) in [5.41, 5.74) is 0. The predicted octanol–water partition coefficient (Wildman–Crippen LogP) is 4.62. The Hall–Kier alpha value is -0.0400. The van der Waals surface area contributed by atoms with Crippen molar-refractivity contribution in [1.82, 2.24) is 5.32 Å². The first-order valence-electron chi connectivity index (χ1n) is 9.07. The zero-order valence-electron chi connectivity index (χ0n) is 12.9. The van der Waals surface area contributed by atoms with Gasteiger partial charge in [-0.2, -0.15) is 0 Å². The SMILES string of the molecule is CCCNCC1CCCCC1CC1CC2CCC1C2. The molecule has 5 atom stereocenters. The van der Waals surface area contributed by atoms with Crippen molar-refractivity contribution in [2.75, 3.05) is 13.1 Å². The summed E-state index contributed by atoms with van der Waals surface area (Å²) in [6.07, 6.45) is 15.2. The lowest BCUT2D eigenvalue weighted by Crippen LogP contribution is -2.32. The van der Waals surface area contributed by atoms with Gasteiger partial charge in [-0.3, -0.25) is 0 Å². The molecular weight excluding hydrogens is 230 g/mol. The molecule has 0 spiro atoms. The Bertz CT molecular complexity index is 275. The fourth-order valence-corrected chi connectivity index (χ4v) is 5.38. The van der Waals surface area contributed by atoms with Crippen LogP contribution in [0.15, 0.2) is 0 Å². The molecule has 0 heterocycles. The standard InChI is InChI=1S/C18H33N/c1-2-9-19-13-17-6-4-3-5-15(17)12-18-11-14-7-8-16(18)10-14/h14-19H,2-13H2,1H3. The zero-order chi connectivity index (χ0) is 13.1. The van der Waals surface area contributed by atoms with E-state index in [1.165, 1.54) is 45.2 Å². The lowest BCUT2D eigenvalue weighted by atomic mass is 9.72. The molecule has 1 nitrogen and oxygen atoms in total. The number of fused-ring (bicyclic) bond motifs is 2. The molecule has 1 N–H and O–H groups in total. The van der Waals surface area contributed by atoms with Gasteiger partial charge in [0, 0.05) is 0 Å². The first-order chi connectivity index (χ1) is 9.36. The molecule has 19 heavy (non-hydrogen) atoms. The van der Waals surface area contributed by atoms with E-state index in [1.54, 1.807) is 32.1 Å². The van der Waals surface area contributed by atoms with E-state index >= 15 is 0 Å². The summed E-state index contributed by atoms with van der Waals surface area (Å²) in [6, 6.07) is 0. The van der Waals surface area contributed by atoms with Crippen LogP contribution in [0, 0.1) is 29.6 Å². The predicted molar refractivity (Wildman–Crippen MR) is 82.2 cm³/mol. The molecule has 0 aromatic carbocycles. The first kappa shape index (κ1) is 13.9. The van der Waals surface area contributed by atoms with Crippen molar-refractivity contribution in [3.63, 3.8) is 0 Å². The third-order valence-corrected chi connectivity index (χ3v) is 6.39. The molecule has 3 rings (SSSR count). The average molecular weight is 263 g/mol. The highest BCUT2D eigenvalue weighted by Gasteiger charge is 2.41. The average Bonchev–Trinajstić information content (AvgIpc) is 3.03. The molecule has 0 aliphatic heterocycles. The second-order valence-electron chi connectivity index (χ2n) is 7.68. The molecule has 3 saturated carbocycles. The molecule has 1 heteroatoms. The minimum atomic E-state index is 0.999. The van der Waals surface area contributed by atoms with Gasteiger partial charge in [0.2, 0.25) is 0 Å². The molecule has 0 aromatic rings. The van der Waals surface area contributed by atoms with Crippen LogP contribution in [0.4, 0.5) is 0 Å². The second kappa shape index (κ2) is 6.61. The van der Waals surface area contributed by atoms with Gasteiger partial charge in [0.05, 0.1) is 0 Å². The summed E-state index contributed by atoms with van der Waals surface area (Å²) >= 11 is 0. The largest absolute Gasteiger partial charge is 0.316 e. The topological polar surface area (TPSA) is 12.0 Å². The highest BCUT2D eigenvalue weighted by atomic mass is 14.9. The summed E-state index contributed by atoms with van der Waals surface area (Å²) < 4.78 is 0. The van der Waals surface area contributed by atoms with Gasteiger partial charge in [-0.15, -0.1) is 0 Å². The van der Waals surface area contributed by atoms with Crippen LogP contribution in [0.1, 0.15) is 71.1 Å². The molecule has 0 saturated heterocycles. The molecule has 0 aromatic heterocycles. The Morgan fingerprint density at radius 1 is 0.895 bits per heavy atom. The third-order valence-electron chi connectivity index (χ3n) is 6.39. The number of nitrogens with one attached hydrogen (secondary N) is 1. The van der Waals surface area contributed by atoms with Crippen molar-refractivity contribution in [2.45, 2.75) is 71.1 Å². The maximum absolute atomic E-state index is 3.69. The molecule has 3 aliphatic carbocycles. The van der Waals surface area contributed by atoms with Gasteiger partial charge in [-0.1, -0.05) is 32.6 Å². The quantitative estimate of drug-likeness (QED) is 0.690. The van der Waals surface area contributed by atoms with Crippen LogP contribution < -0.4 is 5.32 Å². The van der Waals surface area contributed by atoms with Crippen molar-refractivity contribution in [1.29, 1.82) is 0 Å². The Morgan fingerprint density at radius 3 is 2.42 bits per heavy atom.